The van der Waals surface area contributed by atoms with Crippen molar-refractivity contribution in [2.24, 2.45) is 0 Å². The van der Waals surface area contributed by atoms with E-state index in [1.807, 2.05) is 29.6 Å². The Morgan fingerprint density at radius 2 is 1.83 bits per heavy atom. The molecule has 0 amide bonds. The minimum Gasteiger partial charge on any atom is -0.399 e. The van der Waals surface area contributed by atoms with Gasteiger partial charge in [-0.3, -0.25) is 0 Å². The van der Waals surface area contributed by atoms with Crippen LogP contribution in [0.2, 0.25) is 0 Å². The summed E-state index contributed by atoms with van der Waals surface area (Å²) in [5.74, 6) is 0. The number of nitrogen functional groups attached to an aromatic ring is 1. The standard InChI is InChI=1S/C10H8NS/c11-10-3-1-8(2-4-10)9-5-6-12-7-9/h1-6H,11H2. The Morgan fingerprint density at radius 3 is 2.42 bits per heavy atom. The monoisotopic (exact) mass is 174 g/mol. The SMILES string of the molecule is Nc1ccc(-c2[c]scc2)cc1. The molecule has 1 aromatic carbocycles. The zero-order chi connectivity index (χ0) is 8.39. The van der Waals surface area contributed by atoms with Crippen molar-refractivity contribution in [1.29, 1.82) is 0 Å². The molecule has 2 rings (SSSR count). The van der Waals surface area contributed by atoms with Crippen molar-refractivity contribution >= 4 is 17.0 Å². The lowest BCUT2D eigenvalue weighted by molar-refractivity contribution is 1.66. The molecule has 12 heavy (non-hydrogen) atoms. The van der Waals surface area contributed by atoms with E-state index in [0.29, 0.717) is 0 Å². The molecule has 0 aliphatic heterocycles. The lowest BCUT2D eigenvalue weighted by Gasteiger charge is -1.96. The van der Waals surface area contributed by atoms with Crippen molar-refractivity contribution in [3.8, 4) is 11.1 Å². The van der Waals surface area contributed by atoms with Crippen molar-refractivity contribution in [1.82, 2.24) is 0 Å². The fourth-order valence-electron chi connectivity index (χ4n) is 1.05. The Morgan fingerprint density at radius 1 is 1.08 bits per heavy atom. The van der Waals surface area contributed by atoms with Crippen molar-refractivity contribution in [2.45, 2.75) is 0 Å². The first kappa shape index (κ1) is 7.37. The summed E-state index contributed by atoms with van der Waals surface area (Å²) in [7, 11) is 0. The Labute approximate surface area is 75.5 Å². The van der Waals surface area contributed by atoms with Crippen LogP contribution in [0.15, 0.2) is 35.7 Å². The largest absolute Gasteiger partial charge is 0.399 e. The molecule has 1 radical (unpaired) electrons. The molecule has 59 valence electrons. The van der Waals surface area contributed by atoms with Crippen LogP contribution in [0.1, 0.15) is 0 Å². The van der Waals surface area contributed by atoms with Gasteiger partial charge in [0.25, 0.3) is 0 Å². The van der Waals surface area contributed by atoms with Gasteiger partial charge in [-0.05, 0) is 29.1 Å². The molecule has 0 aliphatic rings. The average molecular weight is 174 g/mol. The zero-order valence-corrected chi connectivity index (χ0v) is 7.27. The predicted molar refractivity (Wildman–Crippen MR) is 53.0 cm³/mol. The molecule has 2 heteroatoms. The number of thiophene rings is 1. The summed E-state index contributed by atoms with van der Waals surface area (Å²) in [5, 5.41) is 5.19. The highest BCUT2D eigenvalue weighted by Gasteiger charge is 1.96. The van der Waals surface area contributed by atoms with Gasteiger partial charge in [0, 0.05) is 11.3 Å². The zero-order valence-electron chi connectivity index (χ0n) is 6.45. The Hall–Kier alpha value is -1.28. The van der Waals surface area contributed by atoms with E-state index in [4.69, 9.17) is 5.73 Å². The first-order valence-corrected chi connectivity index (χ1v) is 4.55. The smallest absolute Gasteiger partial charge is 0.0527 e. The number of nitrogens with two attached hydrogens (primary N) is 1. The maximum Gasteiger partial charge on any atom is 0.0527 e. The topological polar surface area (TPSA) is 26.0 Å². The van der Waals surface area contributed by atoms with Crippen molar-refractivity contribution < 1.29 is 0 Å². The molecule has 0 unspecified atom stereocenters. The number of anilines is 1. The third-order valence-electron chi connectivity index (χ3n) is 1.69. The molecular formula is C10H8NS. The van der Waals surface area contributed by atoms with E-state index < -0.39 is 0 Å². The maximum absolute atomic E-state index is 5.57. The van der Waals surface area contributed by atoms with Crippen molar-refractivity contribution in [3.63, 3.8) is 0 Å². The van der Waals surface area contributed by atoms with E-state index in [2.05, 4.69) is 11.4 Å². The Bertz CT molecular complexity index is 348. The molecular weight excluding hydrogens is 166 g/mol. The van der Waals surface area contributed by atoms with E-state index in [-0.39, 0.29) is 0 Å². The minimum absolute atomic E-state index is 0.800. The molecule has 2 aromatic rings. The molecule has 1 heterocycles. The van der Waals surface area contributed by atoms with Gasteiger partial charge in [0.05, 0.1) is 5.38 Å². The number of benzene rings is 1. The predicted octanol–water partition coefficient (Wildman–Crippen LogP) is 2.80. The van der Waals surface area contributed by atoms with Gasteiger partial charge in [-0.1, -0.05) is 12.1 Å². The van der Waals surface area contributed by atoms with Gasteiger partial charge < -0.3 is 5.73 Å². The second kappa shape index (κ2) is 2.99. The van der Waals surface area contributed by atoms with Crippen LogP contribution < -0.4 is 5.73 Å². The van der Waals surface area contributed by atoms with Gasteiger partial charge >= 0.3 is 0 Å². The van der Waals surface area contributed by atoms with E-state index in [1.165, 1.54) is 5.56 Å². The quantitative estimate of drug-likeness (QED) is 0.661. The maximum atomic E-state index is 5.57. The lowest BCUT2D eigenvalue weighted by Crippen LogP contribution is -1.82. The van der Waals surface area contributed by atoms with Crippen LogP contribution in [0, 0.1) is 5.38 Å². The van der Waals surface area contributed by atoms with Crippen LogP contribution in [-0.2, 0) is 0 Å². The van der Waals surface area contributed by atoms with Gasteiger partial charge in [-0.15, -0.1) is 11.3 Å². The van der Waals surface area contributed by atoms with Gasteiger partial charge in [-0.25, -0.2) is 0 Å². The van der Waals surface area contributed by atoms with Crippen LogP contribution in [0.5, 0.6) is 0 Å². The normalized spacial score (nSPS) is 10.0. The molecule has 0 bridgehead atoms. The lowest BCUT2D eigenvalue weighted by atomic mass is 10.1. The van der Waals surface area contributed by atoms with Crippen LogP contribution >= 0.6 is 11.3 Å². The summed E-state index contributed by atoms with van der Waals surface area (Å²) in [4.78, 5) is 0. The second-order valence-corrected chi connectivity index (χ2v) is 3.27. The van der Waals surface area contributed by atoms with Gasteiger partial charge in [-0.2, -0.15) is 0 Å². The van der Waals surface area contributed by atoms with Gasteiger partial charge in [0.15, 0.2) is 0 Å². The van der Waals surface area contributed by atoms with Crippen LogP contribution in [-0.4, -0.2) is 0 Å². The Kier molecular flexibility index (Phi) is 1.84. The van der Waals surface area contributed by atoms with Crippen LogP contribution in [0.4, 0.5) is 5.69 Å². The molecule has 0 atom stereocenters. The molecule has 0 fully saturated rings. The van der Waals surface area contributed by atoms with E-state index in [9.17, 15) is 0 Å². The van der Waals surface area contributed by atoms with E-state index >= 15 is 0 Å². The van der Waals surface area contributed by atoms with Gasteiger partial charge in [0.1, 0.15) is 0 Å². The first-order valence-electron chi connectivity index (χ1n) is 3.67. The fraction of sp³-hybridized carbons (Fsp3) is 0. The highest BCUT2D eigenvalue weighted by Crippen LogP contribution is 2.21. The number of hydrogen-bond donors (Lipinski definition) is 1. The molecule has 0 saturated heterocycles. The first-order chi connectivity index (χ1) is 5.86. The summed E-state index contributed by atoms with van der Waals surface area (Å²) in [6.07, 6.45) is 0. The third-order valence-corrected chi connectivity index (χ3v) is 2.30. The van der Waals surface area contributed by atoms with Gasteiger partial charge in [0.2, 0.25) is 0 Å². The van der Waals surface area contributed by atoms with Crippen LogP contribution in [0.3, 0.4) is 0 Å². The van der Waals surface area contributed by atoms with Crippen LogP contribution in [0.25, 0.3) is 11.1 Å². The minimum atomic E-state index is 0.800. The summed E-state index contributed by atoms with van der Waals surface area (Å²) in [6, 6.07) is 9.87. The highest BCUT2D eigenvalue weighted by molar-refractivity contribution is 7.07. The summed E-state index contributed by atoms with van der Waals surface area (Å²) < 4.78 is 0. The molecule has 1 aromatic heterocycles. The highest BCUT2D eigenvalue weighted by atomic mass is 32.1. The summed E-state index contributed by atoms with van der Waals surface area (Å²) in [5.41, 5.74) is 8.68. The second-order valence-electron chi connectivity index (χ2n) is 2.56. The fourth-order valence-corrected chi connectivity index (χ4v) is 1.64. The van der Waals surface area contributed by atoms with Crippen molar-refractivity contribution in [2.75, 3.05) is 5.73 Å². The number of rotatable bonds is 1. The number of hydrogen-bond acceptors (Lipinski definition) is 2. The third kappa shape index (κ3) is 1.34. The molecule has 0 spiro atoms. The Balaban J connectivity index is 2.43. The molecule has 0 aliphatic carbocycles. The van der Waals surface area contributed by atoms with E-state index in [0.717, 1.165) is 11.3 Å². The van der Waals surface area contributed by atoms with Crippen molar-refractivity contribution in [3.05, 3.63) is 41.1 Å². The molecule has 2 N–H and O–H groups in total. The average Bonchev–Trinajstić information content (AvgIpc) is 2.58. The summed E-state index contributed by atoms with van der Waals surface area (Å²) in [6.45, 7) is 0. The molecule has 1 nitrogen and oxygen atoms in total. The molecule has 0 saturated carbocycles. The van der Waals surface area contributed by atoms with E-state index in [1.54, 1.807) is 11.3 Å². The summed E-state index contributed by atoms with van der Waals surface area (Å²) >= 11 is 1.58.